The quantitative estimate of drug-likeness (QED) is 0.836. The van der Waals surface area contributed by atoms with Gasteiger partial charge < -0.3 is 5.73 Å². The van der Waals surface area contributed by atoms with Gasteiger partial charge in [-0.15, -0.1) is 0 Å². The molecule has 0 spiro atoms. The number of Topliss-reactive ketones (excluding diaryl/α,β-unsaturated/α-hetero) is 1. The van der Waals surface area contributed by atoms with Crippen LogP contribution in [0.1, 0.15) is 29.9 Å². The Hall–Kier alpha value is -1.93. The van der Waals surface area contributed by atoms with Crippen LogP contribution in [0.5, 0.6) is 0 Å². The smallest absolute Gasteiger partial charge is 0.141 e. The summed E-state index contributed by atoms with van der Waals surface area (Å²) in [6.07, 6.45) is 2.41. The van der Waals surface area contributed by atoms with Crippen LogP contribution in [0.15, 0.2) is 60.7 Å². The first kappa shape index (κ1) is 14.5. The first-order valence-corrected chi connectivity index (χ1v) is 7.13. The number of hydrogen-bond donors (Lipinski definition) is 1. The summed E-state index contributed by atoms with van der Waals surface area (Å²) in [6.45, 7) is 0.383. The lowest BCUT2D eigenvalue weighted by atomic mass is 9.91. The summed E-state index contributed by atoms with van der Waals surface area (Å²) in [5.41, 5.74) is 8.08. The van der Waals surface area contributed by atoms with E-state index in [0.29, 0.717) is 13.0 Å². The zero-order chi connectivity index (χ0) is 14.2. The third kappa shape index (κ3) is 4.04. The van der Waals surface area contributed by atoms with E-state index in [1.807, 2.05) is 48.5 Å². The maximum absolute atomic E-state index is 12.3. The molecule has 0 saturated carbocycles. The maximum atomic E-state index is 12.3. The number of hydrogen-bond acceptors (Lipinski definition) is 2. The molecule has 1 unspecified atom stereocenters. The van der Waals surface area contributed by atoms with E-state index in [9.17, 15) is 4.79 Å². The number of ketones is 1. The molecule has 0 bridgehead atoms. The lowest BCUT2D eigenvalue weighted by Crippen LogP contribution is -2.21. The summed E-state index contributed by atoms with van der Waals surface area (Å²) in [4.78, 5) is 12.3. The van der Waals surface area contributed by atoms with E-state index >= 15 is 0 Å². The van der Waals surface area contributed by atoms with Crippen molar-refractivity contribution in [3.63, 3.8) is 0 Å². The average molecular weight is 267 g/mol. The average Bonchev–Trinajstić information content (AvgIpc) is 2.50. The predicted molar refractivity (Wildman–Crippen MR) is 82.6 cm³/mol. The number of carbonyl (C=O) groups excluding carboxylic acids is 1. The lowest BCUT2D eigenvalue weighted by molar-refractivity contribution is -0.120. The molecule has 0 aliphatic rings. The first-order valence-electron chi connectivity index (χ1n) is 7.13. The molecule has 2 N–H and O–H groups in total. The van der Waals surface area contributed by atoms with Gasteiger partial charge in [0.2, 0.25) is 0 Å². The zero-order valence-electron chi connectivity index (χ0n) is 11.7. The topological polar surface area (TPSA) is 43.1 Å². The summed E-state index contributed by atoms with van der Waals surface area (Å²) in [5.74, 6) is 0.0848. The van der Waals surface area contributed by atoms with E-state index in [4.69, 9.17) is 5.73 Å². The number of benzene rings is 2. The fourth-order valence-electron chi connectivity index (χ4n) is 2.42. The van der Waals surface area contributed by atoms with Gasteiger partial charge in [-0.1, -0.05) is 60.7 Å². The van der Waals surface area contributed by atoms with Crippen LogP contribution >= 0.6 is 0 Å². The molecule has 0 aromatic heterocycles. The Morgan fingerprint density at radius 1 is 0.950 bits per heavy atom. The molecule has 1 atom stereocenters. The summed E-state index contributed by atoms with van der Waals surface area (Å²) < 4.78 is 0. The summed E-state index contributed by atoms with van der Waals surface area (Å²) in [7, 11) is 0. The standard InChI is InChI=1S/C18H21NO/c19-14-17(16-11-5-2-6-12-16)18(20)13-7-10-15-8-3-1-4-9-15/h1-6,8-9,11-12,17H,7,10,13-14,19H2. The van der Waals surface area contributed by atoms with Crippen LogP contribution in [0.3, 0.4) is 0 Å². The third-order valence-corrected chi connectivity index (χ3v) is 3.56. The molecule has 0 heterocycles. The fraction of sp³-hybridized carbons (Fsp3) is 0.278. The van der Waals surface area contributed by atoms with Crippen LogP contribution in [0.25, 0.3) is 0 Å². The molecule has 2 heteroatoms. The Balaban J connectivity index is 1.87. The lowest BCUT2D eigenvalue weighted by Gasteiger charge is -2.14. The van der Waals surface area contributed by atoms with Crippen molar-refractivity contribution in [1.29, 1.82) is 0 Å². The van der Waals surface area contributed by atoms with Crippen molar-refractivity contribution in [3.8, 4) is 0 Å². The van der Waals surface area contributed by atoms with Crippen LogP contribution < -0.4 is 5.73 Å². The van der Waals surface area contributed by atoms with E-state index in [2.05, 4.69) is 12.1 Å². The molecule has 0 amide bonds. The molecule has 20 heavy (non-hydrogen) atoms. The van der Waals surface area contributed by atoms with Gasteiger partial charge in [0, 0.05) is 13.0 Å². The molecule has 0 saturated heterocycles. The maximum Gasteiger partial charge on any atom is 0.141 e. The number of aryl methyl sites for hydroxylation is 1. The molecule has 2 aromatic rings. The van der Waals surface area contributed by atoms with Gasteiger partial charge in [0.1, 0.15) is 5.78 Å². The van der Waals surface area contributed by atoms with Crippen LogP contribution in [0.2, 0.25) is 0 Å². The van der Waals surface area contributed by atoms with Crippen molar-refractivity contribution >= 4 is 5.78 Å². The molecule has 2 nitrogen and oxygen atoms in total. The molecular weight excluding hydrogens is 246 g/mol. The largest absolute Gasteiger partial charge is 0.329 e. The molecule has 0 aliphatic heterocycles. The van der Waals surface area contributed by atoms with Crippen molar-refractivity contribution < 1.29 is 4.79 Å². The summed E-state index contributed by atoms with van der Waals surface area (Å²) >= 11 is 0. The normalized spacial score (nSPS) is 12.1. The molecule has 2 aromatic carbocycles. The van der Waals surface area contributed by atoms with Gasteiger partial charge in [-0.2, -0.15) is 0 Å². The van der Waals surface area contributed by atoms with E-state index in [-0.39, 0.29) is 11.7 Å². The second kappa shape index (κ2) is 7.61. The van der Waals surface area contributed by atoms with Gasteiger partial charge in [-0.05, 0) is 24.0 Å². The minimum atomic E-state index is -0.160. The highest BCUT2D eigenvalue weighted by atomic mass is 16.1. The third-order valence-electron chi connectivity index (χ3n) is 3.56. The van der Waals surface area contributed by atoms with Gasteiger partial charge in [0.15, 0.2) is 0 Å². The molecule has 0 aliphatic carbocycles. The highest BCUT2D eigenvalue weighted by molar-refractivity contribution is 5.86. The van der Waals surface area contributed by atoms with E-state index < -0.39 is 0 Å². The zero-order valence-corrected chi connectivity index (χ0v) is 11.7. The van der Waals surface area contributed by atoms with Crippen molar-refractivity contribution in [2.45, 2.75) is 25.2 Å². The Labute approximate surface area is 120 Å². The Bertz CT molecular complexity index is 522. The first-order chi connectivity index (χ1) is 9.81. The van der Waals surface area contributed by atoms with Gasteiger partial charge in [-0.3, -0.25) is 4.79 Å². The van der Waals surface area contributed by atoms with Gasteiger partial charge >= 0.3 is 0 Å². The van der Waals surface area contributed by atoms with Gasteiger partial charge in [-0.25, -0.2) is 0 Å². The predicted octanol–water partition coefficient (Wildman–Crippen LogP) is 3.32. The molecular formula is C18H21NO. The van der Waals surface area contributed by atoms with Crippen molar-refractivity contribution in [2.75, 3.05) is 6.54 Å². The number of rotatable bonds is 7. The van der Waals surface area contributed by atoms with Crippen LogP contribution in [0.4, 0.5) is 0 Å². The Morgan fingerprint density at radius 2 is 1.55 bits per heavy atom. The highest BCUT2D eigenvalue weighted by Gasteiger charge is 2.17. The summed E-state index contributed by atoms with van der Waals surface area (Å²) in [5, 5.41) is 0. The SMILES string of the molecule is NCC(C(=O)CCCc1ccccc1)c1ccccc1. The van der Waals surface area contributed by atoms with Crippen molar-refractivity contribution in [2.24, 2.45) is 5.73 Å². The van der Waals surface area contributed by atoms with Crippen molar-refractivity contribution in [1.82, 2.24) is 0 Å². The van der Waals surface area contributed by atoms with E-state index in [1.165, 1.54) is 5.56 Å². The molecule has 0 radical (unpaired) electrons. The second-order valence-corrected chi connectivity index (χ2v) is 5.00. The molecule has 2 rings (SSSR count). The number of nitrogens with two attached hydrogens (primary N) is 1. The fourth-order valence-corrected chi connectivity index (χ4v) is 2.42. The minimum Gasteiger partial charge on any atom is -0.329 e. The van der Waals surface area contributed by atoms with E-state index in [1.54, 1.807) is 0 Å². The van der Waals surface area contributed by atoms with Crippen LogP contribution in [-0.2, 0) is 11.2 Å². The van der Waals surface area contributed by atoms with Crippen LogP contribution in [-0.4, -0.2) is 12.3 Å². The molecule has 0 fully saturated rings. The molecule has 104 valence electrons. The highest BCUT2D eigenvalue weighted by Crippen LogP contribution is 2.18. The van der Waals surface area contributed by atoms with Gasteiger partial charge in [0.05, 0.1) is 5.92 Å². The second-order valence-electron chi connectivity index (χ2n) is 5.00. The number of carbonyl (C=O) groups is 1. The Kier molecular flexibility index (Phi) is 5.51. The van der Waals surface area contributed by atoms with Crippen molar-refractivity contribution in [3.05, 3.63) is 71.8 Å². The monoisotopic (exact) mass is 267 g/mol. The van der Waals surface area contributed by atoms with E-state index in [0.717, 1.165) is 18.4 Å². The Morgan fingerprint density at radius 3 is 2.15 bits per heavy atom. The minimum absolute atomic E-state index is 0.160. The summed E-state index contributed by atoms with van der Waals surface area (Å²) in [6, 6.07) is 20.1. The van der Waals surface area contributed by atoms with Crippen LogP contribution in [0, 0.1) is 0 Å². The van der Waals surface area contributed by atoms with Gasteiger partial charge in [0.25, 0.3) is 0 Å².